The third-order valence-electron chi connectivity index (χ3n) is 3.96. The van der Waals surface area contributed by atoms with Crippen LogP contribution in [0.3, 0.4) is 0 Å². The Morgan fingerprint density at radius 1 is 0.913 bits per heavy atom. The molecule has 1 N–H and O–H groups in total. The molecule has 0 saturated carbocycles. The third-order valence-corrected chi connectivity index (χ3v) is 3.96. The van der Waals surface area contributed by atoms with Gasteiger partial charge in [-0.1, -0.05) is 30.3 Å². The molecule has 4 rings (SSSR count). The Bertz CT molecular complexity index is 1170. The van der Waals surface area contributed by atoms with Crippen molar-refractivity contribution in [3.05, 3.63) is 80.9 Å². The van der Waals surface area contributed by atoms with Crippen molar-refractivity contribution in [1.82, 2.24) is 14.8 Å². The van der Waals surface area contributed by atoms with Gasteiger partial charge >= 0.3 is 0 Å². The van der Waals surface area contributed by atoms with Gasteiger partial charge in [0.15, 0.2) is 5.82 Å². The van der Waals surface area contributed by atoms with E-state index in [0.717, 1.165) is 16.5 Å². The molecule has 0 aliphatic rings. The number of para-hydroxylation sites is 1. The van der Waals surface area contributed by atoms with E-state index >= 15 is 0 Å². The summed E-state index contributed by atoms with van der Waals surface area (Å²) in [5.74, 6) is 0.411. The molecule has 2 heterocycles. The van der Waals surface area contributed by atoms with Crippen LogP contribution in [0.5, 0.6) is 0 Å². The first-order valence-corrected chi connectivity index (χ1v) is 7.26. The molecule has 4 aromatic rings. The summed E-state index contributed by atoms with van der Waals surface area (Å²) in [5.41, 5.74) is 1.17. The molecule has 5 nitrogen and oxygen atoms in total. The summed E-state index contributed by atoms with van der Waals surface area (Å²) in [6, 6.07) is 16.3. The van der Waals surface area contributed by atoms with E-state index in [1.165, 1.54) is 4.68 Å². The SMILES string of the molecule is Cc1cc(-n2[nH]c(=O)c3ccccc3c2=O)nc2ccccc12. The maximum Gasteiger partial charge on any atom is 0.279 e. The monoisotopic (exact) mass is 303 g/mol. The number of pyridine rings is 1. The lowest BCUT2D eigenvalue weighted by Gasteiger charge is -2.09. The van der Waals surface area contributed by atoms with Crippen LogP contribution in [0, 0.1) is 6.92 Å². The van der Waals surface area contributed by atoms with Gasteiger partial charge in [0.2, 0.25) is 0 Å². The minimum Gasteiger partial charge on any atom is -0.267 e. The molecule has 5 heteroatoms. The van der Waals surface area contributed by atoms with Gasteiger partial charge in [0.05, 0.1) is 16.3 Å². The number of aryl methyl sites for hydroxylation is 1. The lowest BCUT2D eigenvalue weighted by Crippen LogP contribution is -2.29. The first kappa shape index (κ1) is 13.5. The van der Waals surface area contributed by atoms with E-state index in [1.54, 1.807) is 30.3 Å². The summed E-state index contributed by atoms with van der Waals surface area (Å²) in [6.07, 6.45) is 0. The molecule has 0 radical (unpaired) electrons. The van der Waals surface area contributed by atoms with Crippen LogP contribution >= 0.6 is 0 Å². The first-order valence-electron chi connectivity index (χ1n) is 7.26. The lowest BCUT2D eigenvalue weighted by atomic mass is 10.1. The fraction of sp³-hybridized carbons (Fsp3) is 0.0556. The number of benzene rings is 2. The Kier molecular flexibility index (Phi) is 2.87. The number of nitrogens with zero attached hydrogens (tertiary/aromatic N) is 2. The molecule has 0 aliphatic carbocycles. The molecular weight excluding hydrogens is 290 g/mol. The van der Waals surface area contributed by atoms with E-state index < -0.39 is 0 Å². The molecule has 0 unspecified atom stereocenters. The normalized spacial score (nSPS) is 11.2. The minimum absolute atomic E-state index is 0.289. The Morgan fingerprint density at radius 3 is 2.35 bits per heavy atom. The predicted molar refractivity (Wildman–Crippen MR) is 90.2 cm³/mol. The summed E-state index contributed by atoms with van der Waals surface area (Å²) in [6.45, 7) is 1.96. The van der Waals surface area contributed by atoms with Crippen molar-refractivity contribution >= 4 is 21.7 Å². The van der Waals surface area contributed by atoms with E-state index in [1.807, 2.05) is 31.2 Å². The molecule has 0 spiro atoms. The summed E-state index contributed by atoms with van der Waals surface area (Å²) in [4.78, 5) is 29.4. The molecule has 23 heavy (non-hydrogen) atoms. The number of rotatable bonds is 1. The number of aromatic nitrogens is 3. The Labute approximate surface area is 130 Å². The van der Waals surface area contributed by atoms with Gasteiger partial charge in [-0.05, 0) is 36.8 Å². The van der Waals surface area contributed by atoms with Crippen LogP contribution in [-0.4, -0.2) is 14.8 Å². The quantitative estimate of drug-likeness (QED) is 0.587. The smallest absolute Gasteiger partial charge is 0.267 e. The summed E-state index contributed by atoms with van der Waals surface area (Å²) >= 11 is 0. The van der Waals surface area contributed by atoms with E-state index in [-0.39, 0.29) is 11.1 Å². The Morgan fingerprint density at radius 2 is 1.57 bits per heavy atom. The largest absolute Gasteiger partial charge is 0.279 e. The fourth-order valence-electron chi connectivity index (χ4n) is 2.81. The zero-order valence-corrected chi connectivity index (χ0v) is 12.4. The van der Waals surface area contributed by atoms with Crippen molar-refractivity contribution in [2.45, 2.75) is 6.92 Å². The highest BCUT2D eigenvalue weighted by molar-refractivity contribution is 5.83. The second-order valence-electron chi connectivity index (χ2n) is 5.44. The van der Waals surface area contributed by atoms with Crippen LogP contribution < -0.4 is 11.1 Å². The van der Waals surface area contributed by atoms with Gasteiger partial charge in [0.1, 0.15) is 0 Å². The lowest BCUT2D eigenvalue weighted by molar-refractivity contribution is 0.780. The molecule has 0 aliphatic heterocycles. The van der Waals surface area contributed by atoms with Crippen LogP contribution in [0.2, 0.25) is 0 Å². The number of fused-ring (bicyclic) bond motifs is 2. The number of H-pyrrole nitrogens is 1. The first-order chi connectivity index (χ1) is 11.1. The molecule has 0 saturated heterocycles. The van der Waals surface area contributed by atoms with Gasteiger partial charge in [-0.3, -0.25) is 14.7 Å². The molecule has 2 aromatic carbocycles. The standard InChI is InChI=1S/C18H13N3O2/c1-11-10-16(19-15-9-5-4-6-12(11)15)21-18(23)14-8-3-2-7-13(14)17(22)20-21/h2-10H,1H3,(H,20,22). The molecule has 2 aromatic heterocycles. The van der Waals surface area contributed by atoms with Crippen LogP contribution in [0.4, 0.5) is 0 Å². The fourth-order valence-corrected chi connectivity index (χ4v) is 2.81. The zero-order chi connectivity index (χ0) is 16.0. The van der Waals surface area contributed by atoms with Crippen molar-refractivity contribution in [3.8, 4) is 5.82 Å². The molecular formula is C18H13N3O2. The van der Waals surface area contributed by atoms with Crippen LogP contribution in [0.15, 0.2) is 64.2 Å². The van der Waals surface area contributed by atoms with Crippen molar-refractivity contribution < 1.29 is 0 Å². The second-order valence-corrected chi connectivity index (χ2v) is 5.44. The van der Waals surface area contributed by atoms with E-state index in [0.29, 0.717) is 16.6 Å². The summed E-state index contributed by atoms with van der Waals surface area (Å²) in [7, 11) is 0. The van der Waals surface area contributed by atoms with Gasteiger partial charge in [-0.15, -0.1) is 0 Å². The van der Waals surface area contributed by atoms with E-state index in [9.17, 15) is 9.59 Å². The molecule has 0 bridgehead atoms. The van der Waals surface area contributed by atoms with Crippen LogP contribution in [0.1, 0.15) is 5.56 Å². The number of hydrogen-bond donors (Lipinski definition) is 1. The molecule has 0 atom stereocenters. The maximum atomic E-state index is 12.7. The zero-order valence-electron chi connectivity index (χ0n) is 12.4. The molecule has 112 valence electrons. The topological polar surface area (TPSA) is 67.8 Å². The third kappa shape index (κ3) is 2.05. The summed E-state index contributed by atoms with van der Waals surface area (Å²) < 4.78 is 1.21. The van der Waals surface area contributed by atoms with Crippen molar-refractivity contribution in [3.63, 3.8) is 0 Å². The van der Waals surface area contributed by atoms with E-state index in [2.05, 4.69) is 10.1 Å². The van der Waals surface area contributed by atoms with Gasteiger partial charge in [-0.25, -0.2) is 4.98 Å². The number of hydrogen-bond acceptors (Lipinski definition) is 3. The maximum absolute atomic E-state index is 12.7. The Balaban J connectivity index is 2.09. The van der Waals surface area contributed by atoms with E-state index in [4.69, 9.17) is 0 Å². The Hall–Kier alpha value is -3.21. The van der Waals surface area contributed by atoms with Crippen LogP contribution in [0.25, 0.3) is 27.5 Å². The van der Waals surface area contributed by atoms with Crippen LogP contribution in [-0.2, 0) is 0 Å². The van der Waals surface area contributed by atoms with Crippen molar-refractivity contribution in [1.29, 1.82) is 0 Å². The average Bonchev–Trinajstić information content (AvgIpc) is 2.58. The van der Waals surface area contributed by atoms with Crippen molar-refractivity contribution in [2.75, 3.05) is 0 Å². The highest BCUT2D eigenvalue weighted by Gasteiger charge is 2.10. The highest BCUT2D eigenvalue weighted by Crippen LogP contribution is 2.18. The van der Waals surface area contributed by atoms with Gasteiger partial charge < -0.3 is 0 Å². The highest BCUT2D eigenvalue weighted by atomic mass is 16.2. The predicted octanol–water partition coefficient (Wildman–Crippen LogP) is 2.54. The second kappa shape index (κ2) is 4.91. The van der Waals surface area contributed by atoms with Gasteiger partial charge in [0, 0.05) is 5.39 Å². The number of nitrogens with one attached hydrogen (secondary N) is 1. The number of aromatic amines is 1. The van der Waals surface area contributed by atoms with Crippen molar-refractivity contribution in [2.24, 2.45) is 0 Å². The van der Waals surface area contributed by atoms with Gasteiger partial charge in [-0.2, -0.15) is 4.68 Å². The molecule has 0 amide bonds. The average molecular weight is 303 g/mol. The molecule has 0 fully saturated rings. The van der Waals surface area contributed by atoms with Gasteiger partial charge in [0.25, 0.3) is 11.1 Å². The minimum atomic E-state index is -0.312. The summed E-state index contributed by atoms with van der Waals surface area (Å²) in [5, 5.41) is 4.39.